The minimum atomic E-state index is -1.45. The molecule has 3 aliphatic rings. The number of hydrogen-bond acceptors (Lipinski definition) is 4. The first-order chi connectivity index (χ1) is 17.6. The molecule has 0 bridgehead atoms. The molecule has 0 aromatic heterocycles. The average molecular weight is 619 g/mol. The Morgan fingerprint density at radius 1 is 0.865 bits per heavy atom. The molecule has 3 atom stereocenters. The lowest BCUT2D eigenvalue weighted by molar-refractivity contribution is -0.127. The van der Waals surface area contributed by atoms with Crippen LogP contribution in [0.25, 0.3) is 6.08 Å². The highest BCUT2D eigenvalue weighted by Gasteiger charge is 2.71. The van der Waals surface area contributed by atoms with Crippen LogP contribution in [-0.2, 0) is 4.79 Å². The molecule has 2 heterocycles. The SMILES string of the molecule is CC(C)(C)C(=O)[C@@H]1[C@@H](c2ccc(Br)cc2)C2(C(=O)c3ccccc3C2=O)[C@H]2C=Cc3cc(Br)ccc3N12. The van der Waals surface area contributed by atoms with E-state index in [1.54, 1.807) is 24.3 Å². The zero-order valence-electron chi connectivity index (χ0n) is 20.7. The number of carbonyl (C=O) groups excluding carboxylic acids is 3. The summed E-state index contributed by atoms with van der Waals surface area (Å²) < 4.78 is 1.81. The van der Waals surface area contributed by atoms with Crippen molar-refractivity contribution in [2.45, 2.75) is 38.8 Å². The third-order valence-electron chi connectivity index (χ3n) is 8.00. The van der Waals surface area contributed by atoms with Crippen molar-refractivity contribution in [2.24, 2.45) is 10.8 Å². The maximum Gasteiger partial charge on any atom is 0.180 e. The summed E-state index contributed by atoms with van der Waals surface area (Å²) in [5.41, 5.74) is 1.34. The summed E-state index contributed by atoms with van der Waals surface area (Å²) in [6.07, 6.45) is 3.94. The number of Topliss-reactive ketones (excluding diaryl/α,β-unsaturated/α-hetero) is 3. The molecule has 1 aliphatic carbocycles. The molecule has 0 N–H and O–H groups in total. The van der Waals surface area contributed by atoms with E-state index in [9.17, 15) is 14.4 Å². The molecule has 0 saturated carbocycles. The molecule has 4 nitrogen and oxygen atoms in total. The summed E-state index contributed by atoms with van der Waals surface area (Å²) in [5.74, 6) is -1.07. The van der Waals surface area contributed by atoms with Crippen molar-refractivity contribution in [3.8, 4) is 0 Å². The second-order valence-corrected chi connectivity index (χ2v) is 12.9. The summed E-state index contributed by atoms with van der Waals surface area (Å²) in [6, 6.07) is 19.4. The Labute approximate surface area is 233 Å². The van der Waals surface area contributed by atoms with Gasteiger partial charge in [0.15, 0.2) is 17.3 Å². The minimum Gasteiger partial charge on any atom is -0.352 e. The fraction of sp³-hybridized carbons (Fsp3) is 0.258. The van der Waals surface area contributed by atoms with Crippen LogP contribution in [0.15, 0.2) is 81.8 Å². The van der Waals surface area contributed by atoms with Gasteiger partial charge in [-0.15, -0.1) is 0 Å². The number of halogens is 2. The zero-order valence-corrected chi connectivity index (χ0v) is 23.8. The van der Waals surface area contributed by atoms with Crippen LogP contribution in [0.2, 0.25) is 0 Å². The van der Waals surface area contributed by atoms with Gasteiger partial charge < -0.3 is 4.90 Å². The molecule has 1 spiro atoms. The van der Waals surface area contributed by atoms with E-state index in [4.69, 9.17) is 0 Å². The Kier molecular flexibility index (Phi) is 5.52. The van der Waals surface area contributed by atoms with Crippen molar-refractivity contribution < 1.29 is 14.4 Å². The van der Waals surface area contributed by atoms with Crippen LogP contribution in [0.5, 0.6) is 0 Å². The molecule has 2 aliphatic heterocycles. The van der Waals surface area contributed by atoms with E-state index in [1.165, 1.54) is 0 Å². The van der Waals surface area contributed by atoms with Crippen molar-refractivity contribution in [3.63, 3.8) is 0 Å². The highest BCUT2D eigenvalue weighted by molar-refractivity contribution is 9.10. The second-order valence-electron chi connectivity index (χ2n) is 11.1. The monoisotopic (exact) mass is 617 g/mol. The number of rotatable bonds is 2. The van der Waals surface area contributed by atoms with Crippen molar-refractivity contribution in [2.75, 3.05) is 4.90 Å². The Hall–Kier alpha value is -2.83. The smallest absolute Gasteiger partial charge is 0.180 e. The highest BCUT2D eigenvalue weighted by atomic mass is 79.9. The Bertz CT molecular complexity index is 1480. The number of anilines is 1. The standard InChI is InChI=1S/C31H25Br2NO3/c1-30(2,3)29(37)26-25(17-8-11-19(32)12-9-17)31(27(35)21-6-4-5-7-22(21)28(31)36)24-15-10-18-16-20(33)13-14-23(18)34(24)26/h4-16,24-26H,1-3H3/t24-,25-,26+/m1/s1. The normalized spacial score (nSPS) is 23.3. The molecular weight excluding hydrogens is 594 g/mol. The highest BCUT2D eigenvalue weighted by Crippen LogP contribution is 2.61. The molecule has 1 saturated heterocycles. The lowest BCUT2D eigenvalue weighted by Crippen LogP contribution is -2.49. The summed E-state index contributed by atoms with van der Waals surface area (Å²) in [5, 5.41) is 0. The van der Waals surface area contributed by atoms with Crippen LogP contribution in [-0.4, -0.2) is 29.4 Å². The Morgan fingerprint density at radius 2 is 1.46 bits per heavy atom. The van der Waals surface area contributed by atoms with Gasteiger partial charge >= 0.3 is 0 Å². The number of benzene rings is 3. The van der Waals surface area contributed by atoms with Gasteiger partial charge in [0.2, 0.25) is 0 Å². The zero-order chi connectivity index (χ0) is 26.3. The molecule has 186 valence electrons. The number of fused-ring (bicyclic) bond motifs is 5. The van der Waals surface area contributed by atoms with E-state index in [0.29, 0.717) is 11.1 Å². The van der Waals surface area contributed by atoms with E-state index >= 15 is 0 Å². The molecule has 3 aromatic carbocycles. The number of hydrogen-bond donors (Lipinski definition) is 0. The first-order valence-corrected chi connectivity index (χ1v) is 13.9. The van der Waals surface area contributed by atoms with Crippen molar-refractivity contribution in [1.29, 1.82) is 0 Å². The first kappa shape index (κ1) is 24.5. The summed E-state index contributed by atoms with van der Waals surface area (Å²) >= 11 is 7.07. The van der Waals surface area contributed by atoms with Gasteiger partial charge in [-0.25, -0.2) is 0 Å². The molecule has 6 rings (SSSR count). The number of ketones is 3. The van der Waals surface area contributed by atoms with Crippen LogP contribution in [0.3, 0.4) is 0 Å². The van der Waals surface area contributed by atoms with Crippen molar-refractivity contribution in [3.05, 3.63) is 104 Å². The van der Waals surface area contributed by atoms with Crippen molar-refractivity contribution in [1.82, 2.24) is 0 Å². The third kappa shape index (κ3) is 3.34. The first-order valence-electron chi connectivity index (χ1n) is 12.3. The van der Waals surface area contributed by atoms with Crippen LogP contribution >= 0.6 is 31.9 Å². The molecular formula is C31H25Br2NO3. The maximum atomic E-state index is 14.5. The van der Waals surface area contributed by atoms with Gasteiger partial charge in [0.25, 0.3) is 0 Å². The second kappa shape index (κ2) is 8.34. The van der Waals surface area contributed by atoms with Gasteiger partial charge in [-0.05, 0) is 41.5 Å². The Balaban J connectivity index is 1.70. The lowest BCUT2D eigenvalue weighted by Gasteiger charge is -2.38. The van der Waals surface area contributed by atoms with Gasteiger partial charge in [0, 0.05) is 37.1 Å². The van der Waals surface area contributed by atoms with Gasteiger partial charge in [0.05, 0.1) is 12.1 Å². The fourth-order valence-electron chi connectivity index (χ4n) is 6.43. The predicted octanol–water partition coefficient (Wildman–Crippen LogP) is 7.26. The fourth-order valence-corrected chi connectivity index (χ4v) is 7.08. The van der Waals surface area contributed by atoms with Crippen LogP contribution in [0.1, 0.15) is 58.5 Å². The predicted molar refractivity (Wildman–Crippen MR) is 152 cm³/mol. The summed E-state index contributed by atoms with van der Waals surface area (Å²) in [4.78, 5) is 45.5. The maximum absolute atomic E-state index is 14.5. The van der Waals surface area contributed by atoms with E-state index in [1.807, 2.05) is 75.4 Å². The molecule has 3 aromatic rings. The molecule has 0 radical (unpaired) electrons. The largest absolute Gasteiger partial charge is 0.352 e. The number of nitrogens with zero attached hydrogens (tertiary/aromatic N) is 1. The quantitative estimate of drug-likeness (QED) is 0.284. The molecule has 37 heavy (non-hydrogen) atoms. The van der Waals surface area contributed by atoms with Crippen LogP contribution < -0.4 is 4.90 Å². The van der Waals surface area contributed by atoms with E-state index in [0.717, 1.165) is 25.8 Å². The van der Waals surface area contributed by atoms with E-state index in [2.05, 4.69) is 36.8 Å². The molecule has 0 unspecified atom stereocenters. The molecule has 6 heteroatoms. The Morgan fingerprint density at radius 3 is 2.05 bits per heavy atom. The summed E-state index contributed by atoms with van der Waals surface area (Å²) in [6.45, 7) is 5.72. The van der Waals surface area contributed by atoms with E-state index in [-0.39, 0.29) is 17.3 Å². The lowest BCUT2D eigenvalue weighted by atomic mass is 9.63. The molecule has 0 amide bonds. The van der Waals surface area contributed by atoms with E-state index < -0.39 is 28.8 Å². The van der Waals surface area contributed by atoms with Gasteiger partial charge in [-0.1, -0.05) is 101 Å². The van der Waals surface area contributed by atoms with Crippen LogP contribution in [0.4, 0.5) is 5.69 Å². The van der Waals surface area contributed by atoms with Gasteiger partial charge in [0.1, 0.15) is 5.41 Å². The summed E-state index contributed by atoms with van der Waals surface area (Å²) in [7, 11) is 0. The average Bonchev–Trinajstić information content (AvgIpc) is 3.29. The topological polar surface area (TPSA) is 54.5 Å². The van der Waals surface area contributed by atoms with Gasteiger partial charge in [-0.3, -0.25) is 14.4 Å². The third-order valence-corrected chi connectivity index (χ3v) is 9.02. The van der Waals surface area contributed by atoms with Crippen LogP contribution in [0, 0.1) is 10.8 Å². The van der Waals surface area contributed by atoms with Gasteiger partial charge in [-0.2, -0.15) is 0 Å². The minimum absolute atomic E-state index is 0.00280. The molecule has 1 fully saturated rings. The number of carbonyl (C=O) groups is 3. The van der Waals surface area contributed by atoms with Crippen molar-refractivity contribution >= 4 is 61.0 Å².